The number of fused-ring (bicyclic) bond motifs is 1. The lowest BCUT2D eigenvalue weighted by Gasteiger charge is -2.23. The molecular weight excluding hydrogens is 238 g/mol. The summed E-state index contributed by atoms with van der Waals surface area (Å²) in [6.45, 7) is -2.22. The lowest BCUT2D eigenvalue weighted by molar-refractivity contribution is 0.0261. The molecule has 1 unspecified atom stereocenters. The number of aromatic nitrogens is 2. The molecule has 3 rings (SSSR count). The quantitative estimate of drug-likeness (QED) is 0.539. The number of nitrogen functional groups attached to an aromatic ring is 1. The van der Waals surface area contributed by atoms with E-state index in [0.29, 0.717) is 15.5 Å². The van der Waals surface area contributed by atoms with Gasteiger partial charge in [-0.15, -0.1) is 11.3 Å². The maximum atomic E-state index is 8.48. The molecule has 2 aromatic rings. The molecule has 4 N–H and O–H groups in total. The van der Waals surface area contributed by atoms with Crippen molar-refractivity contribution in [3.05, 3.63) is 17.1 Å². The molecule has 7 heteroatoms. The molecule has 1 aliphatic heterocycles. The van der Waals surface area contributed by atoms with E-state index >= 15 is 0 Å². The summed E-state index contributed by atoms with van der Waals surface area (Å²) in [7, 11) is 0. The monoisotopic (exact) mass is 255 g/mol. The number of thiophene rings is 1. The summed E-state index contributed by atoms with van der Waals surface area (Å²) in [5.74, 6) is 5.40. The molecule has 0 aliphatic carbocycles. The lowest BCUT2D eigenvalue weighted by Crippen LogP contribution is -2.34. The first-order valence-corrected chi connectivity index (χ1v) is 5.91. The van der Waals surface area contributed by atoms with Gasteiger partial charge in [0.05, 0.1) is 23.9 Å². The molecule has 0 spiro atoms. The van der Waals surface area contributed by atoms with Gasteiger partial charge >= 0.3 is 0 Å². The van der Waals surface area contributed by atoms with Gasteiger partial charge in [-0.05, 0) is 11.4 Å². The van der Waals surface area contributed by atoms with Gasteiger partial charge in [0.1, 0.15) is 7.49 Å². The molecular formula is C10H13N5OS. The molecule has 17 heavy (non-hydrogen) atoms. The van der Waals surface area contributed by atoms with Crippen molar-refractivity contribution in [3.8, 4) is 0 Å². The van der Waals surface area contributed by atoms with E-state index < -0.39 is 12.6 Å². The first kappa shape index (κ1) is 7.22. The van der Waals surface area contributed by atoms with Gasteiger partial charge in [-0.1, -0.05) is 0 Å². The number of hydrogen-bond acceptors (Lipinski definition) is 7. The number of nitrogens with two attached hydrogens (primary N) is 1. The van der Waals surface area contributed by atoms with Gasteiger partial charge in [-0.2, -0.15) is 0 Å². The van der Waals surface area contributed by atoms with E-state index in [2.05, 4.69) is 15.4 Å². The normalized spacial score (nSPS) is 32.5. The predicted molar refractivity (Wildman–Crippen MR) is 66.8 cm³/mol. The Morgan fingerprint density at radius 3 is 3.59 bits per heavy atom. The number of ether oxygens (including phenoxy) is 1. The van der Waals surface area contributed by atoms with Crippen LogP contribution < -0.4 is 16.6 Å². The number of morpholine rings is 1. The Balaban J connectivity index is 2.24. The second kappa shape index (κ2) is 4.53. The SMILES string of the molecule is [2H]N1CCOC([2H])(c2nc(NN)nc3ccsc23)C1([2H])[2H]. The molecule has 0 aromatic carbocycles. The zero-order chi connectivity index (χ0) is 15.3. The Morgan fingerprint density at radius 1 is 1.76 bits per heavy atom. The Hall–Kier alpha value is -1.28. The predicted octanol–water partition coefficient (Wildman–Crippen LogP) is 0.638. The Bertz CT molecular complexity index is 683. The number of anilines is 1. The van der Waals surface area contributed by atoms with Crippen LogP contribution in [0.2, 0.25) is 1.41 Å². The van der Waals surface area contributed by atoms with Crippen molar-refractivity contribution in [1.29, 1.82) is 0 Å². The topological polar surface area (TPSA) is 85.1 Å². The van der Waals surface area contributed by atoms with E-state index in [9.17, 15) is 0 Å². The fourth-order valence-corrected chi connectivity index (χ4v) is 2.37. The second-order valence-corrected chi connectivity index (χ2v) is 4.26. The molecule has 1 saturated heterocycles. The molecule has 90 valence electrons. The summed E-state index contributed by atoms with van der Waals surface area (Å²) in [5.41, 5.74) is 2.92. The van der Waals surface area contributed by atoms with E-state index in [4.69, 9.17) is 16.1 Å². The Labute approximate surface area is 108 Å². The third-order valence-corrected chi connectivity index (χ3v) is 3.19. The fraction of sp³-hybridized carbons (Fsp3) is 0.400. The van der Waals surface area contributed by atoms with Gasteiger partial charge in [0, 0.05) is 15.8 Å². The smallest absolute Gasteiger partial charge is 0.238 e. The van der Waals surface area contributed by atoms with Crippen LogP contribution in [0.3, 0.4) is 0 Å². The van der Waals surface area contributed by atoms with E-state index in [-0.39, 0.29) is 24.8 Å². The summed E-state index contributed by atoms with van der Waals surface area (Å²) in [5, 5.41) is 2.48. The lowest BCUT2D eigenvalue weighted by atomic mass is 10.2. The number of nitrogens with zero attached hydrogens (tertiary/aromatic N) is 2. The standard InChI is InChI=1S/C10H13N5OS/c11-15-10-13-6-1-4-17-9(6)8(14-10)7-5-12-2-3-16-7/h1,4,7,12H,2-3,5,11H2,(H,13,14,15)/i5D2,7D/hD. The van der Waals surface area contributed by atoms with Crippen LogP contribution in [0.15, 0.2) is 11.4 Å². The fourth-order valence-electron chi connectivity index (χ4n) is 1.56. The minimum Gasteiger partial charge on any atom is -0.369 e. The van der Waals surface area contributed by atoms with Crippen LogP contribution in [-0.2, 0) is 4.74 Å². The van der Waals surface area contributed by atoms with Crippen molar-refractivity contribution < 1.29 is 10.3 Å². The van der Waals surface area contributed by atoms with Gasteiger partial charge in [0.2, 0.25) is 5.95 Å². The molecule has 0 bridgehead atoms. The van der Waals surface area contributed by atoms with Crippen molar-refractivity contribution in [3.63, 3.8) is 0 Å². The van der Waals surface area contributed by atoms with Crippen LogP contribution in [0.5, 0.6) is 0 Å². The van der Waals surface area contributed by atoms with E-state index in [0.717, 1.165) is 0 Å². The highest BCUT2D eigenvalue weighted by Crippen LogP contribution is 2.29. The minimum atomic E-state index is -2.36. The van der Waals surface area contributed by atoms with Crippen molar-refractivity contribution in [2.24, 2.45) is 5.84 Å². The molecule has 6 nitrogen and oxygen atoms in total. The van der Waals surface area contributed by atoms with Gasteiger partial charge in [-0.25, -0.2) is 15.8 Å². The number of nitrogens with one attached hydrogen (secondary N) is 2. The van der Waals surface area contributed by atoms with Crippen LogP contribution in [0.25, 0.3) is 10.2 Å². The Morgan fingerprint density at radius 2 is 2.71 bits per heavy atom. The summed E-state index contributed by atoms with van der Waals surface area (Å²) in [4.78, 5) is 8.27. The van der Waals surface area contributed by atoms with Gasteiger partial charge < -0.3 is 10.0 Å². The maximum absolute atomic E-state index is 8.48. The number of rotatable bonds is 2. The molecule has 0 saturated carbocycles. The van der Waals surface area contributed by atoms with Crippen LogP contribution in [0, 0.1) is 0 Å². The second-order valence-electron chi connectivity index (χ2n) is 3.35. The largest absolute Gasteiger partial charge is 0.369 e. The summed E-state index contributed by atoms with van der Waals surface area (Å²) in [6.07, 6.45) is -2.13. The molecule has 1 aliphatic rings. The average molecular weight is 255 g/mol. The van der Waals surface area contributed by atoms with Crippen molar-refractivity contribution in [1.82, 2.24) is 15.3 Å². The highest BCUT2D eigenvalue weighted by Gasteiger charge is 2.21. The molecule has 3 heterocycles. The first-order valence-electron chi connectivity index (χ1n) is 6.97. The zero-order valence-electron chi connectivity index (χ0n) is 12.8. The molecule has 0 radical (unpaired) electrons. The summed E-state index contributed by atoms with van der Waals surface area (Å²) >= 11 is 1.29. The zero-order valence-corrected chi connectivity index (χ0v) is 9.62. The minimum absolute atomic E-state index is 0.0643. The molecule has 1 atom stereocenters. The van der Waals surface area contributed by atoms with Crippen LogP contribution in [0.1, 0.15) is 15.9 Å². The number of hydrazine groups is 1. The third-order valence-electron chi connectivity index (χ3n) is 2.28. The van der Waals surface area contributed by atoms with Crippen LogP contribution in [0.4, 0.5) is 5.95 Å². The molecule has 2 aromatic heterocycles. The van der Waals surface area contributed by atoms with E-state index in [1.165, 1.54) is 11.3 Å². The number of hydrogen-bond donors (Lipinski definition) is 3. The average Bonchev–Trinajstić information content (AvgIpc) is 2.92. The van der Waals surface area contributed by atoms with Crippen molar-refractivity contribution >= 4 is 27.5 Å². The summed E-state index contributed by atoms with van der Waals surface area (Å²) in [6, 6.07) is 1.73. The first-order chi connectivity index (χ1) is 9.90. The molecule has 0 amide bonds. The highest BCUT2D eigenvalue weighted by molar-refractivity contribution is 7.17. The highest BCUT2D eigenvalue weighted by atomic mass is 32.1. The summed E-state index contributed by atoms with van der Waals surface area (Å²) < 4.78 is 38.3. The van der Waals surface area contributed by atoms with Gasteiger partial charge in [0.25, 0.3) is 0 Å². The van der Waals surface area contributed by atoms with Crippen LogP contribution in [-0.4, -0.2) is 29.6 Å². The van der Waals surface area contributed by atoms with Gasteiger partial charge in [0.15, 0.2) is 0 Å². The van der Waals surface area contributed by atoms with E-state index in [1.54, 1.807) is 11.4 Å². The van der Waals surface area contributed by atoms with Gasteiger partial charge in [-0.3, -0.25) is 5.43 Å². The van der Waals surface area contributed by atoms with Crippen molar-refractivity contribution in [2.75, 3.05) is 25.1 Å². The van der Waals surface area contributed by atoms with Crippen LogP contribution >= 0.6 is 11.3 Å². The maximum Gasteiger partial charge on any atom is 0.238 e. The molecule has 1 fully saturated rings. The van der Waals surface area contributed by atoms with E-state index in [1.807, 2.05) is 0 Å². The Kier molecular flexibility index (Phi) is 1.93. The van der Waals surface area contributed by atoms with Crippen molar-refractivity contribution in [2.45, 2.75) is 6.08 Å². The third kappa shape index (κ3) is 1.98.